The fourth-order valence-electron chi connectivity index (χ4n) is 1.66. The Kier molecular flexibility index (Phi) is 4.07. The van der Waals surface area contributed by atoms with E-state index < -0.39 is 5.97 Å². The molecular formula is C14H14N2O3. The lowest BCUT2D eigenvalue weighted by atomic mass is 10.2. The molecule has 5 heteroatoms. The van der Waals surface area contributed by atoms with Gasteiger partial charge in [0, 0.05) is 12.1 Å². The van der Waals surface area contributed by atoms with E-state index in [0.29, 0.717) is 24.5 Å². The summed E-state index contributed by atoms with van der Waals surface area (Å²) in [7, 11) is 0. The van der Waals surface area contributed by atoms with Gasteiger partial charge in [0.2, 0.25) is 0 Å². The molecule has 0 saturated carbocycles. The third-order valence-electron chi connectivity index (χ3n) is 2.48. The van der Waals surface area contributed by atoms with Crippen LogP contribution in [-0.4, -0.2) is 27.7 Å². The Morgan fingerprint density at radius 3 is 2.68 bits per heavy atom. The average molecular weight is 258 g/mol. The number of aryl methyl sites for hydroxylation is 1. The van der Waals surface area contributed by atoms with Crippen LogP contribution < -0.4 is 4.74 Å². The largest absolute Gasteiger partial charge is 0.493 e. The van der Waals surface area contributed by atoms with Crippen LogP contribution in [0, 0.1) is 6.92 Å². The molecule has 1 aromatic carbocycles. The molecule has 0 unspecified atom stereocenters. The number of carboxylic acids is 1. The van der Waals surface area contributed by atoms with Gasteiger partial charge in [-0.15, -0.1) is 0 Å². The fourth-order valence-corrected chi connectivity index (χ4v) is 1.66. The van der Waals surface area contributed by atoms with E-state index >= 15 is 0 Å². The molecule has 0 amide bonds. The summed E-state index contributed by atoms with van der Waals surface area (Å²) in [5.41, 5.74) is 0.683. The molecule has 0 spiro atoms. The Morgan fingerprint density at radius 1 is 1.26 bits per heavy atom. The van der Waals surface area contributed by atoms with Gasteiger partial charge in [-0.05, 0) is 25.1 Å². The van der Waals surface area contributed by atoms with Gasteiger partial charge >= 0.3 is 5.97 Å². The first-order valence-electron chi connectivity index (χ1n) is 5.91. The van der Waals surface area contributed by atoms with Gasteiger partial charge in [-0.2, -0.15) is 0 Å². The summed E-state index contributed by atoms with van der Waals surface area (Å²) in [6.45, 7) is 2.12. The Morgan fingerprint density at radius 2 is 2.00 bits per heavy atom. The summed E-state index contributed by atoms with van der Waals surface area (Å²) in [5, 5.41) is 8.92. The molecule has 0 radical (unpaired) electrons. The van der Waals surface area contributed by atoms with Crippen LogP contribution >= 0.6 is 0 Å². The molecule has 19 heavy (non-hydrogen) atoms. The number of ether oxygens (including phenoxy) is 1. The molecule has 0 aliphatic rings. The number of benzene rings is 1. The van der Waals surface area contributed by atoms with Gasteiger partial charge in [-0.25, -0.2) is 14.8 Å². The van der Waals surface area contributed by atoms with Crippen molar-refractivity contribution in [2.24, 2.45) is 0 Å². The van der Waals surface area contributed by atoms with Crippen LogP contribution in [0.2, 0.25) is 0 Å². The Labute approximate surface area is 110 Å². The van der Waals surface area contributed by atoms with Crippen LogP contribution in [0.15, 0.2) is 36.4 Å². The first kappa shape index (κ1) is 13.0. The van der Waals surface area contributed by atoms with Crippen LogP contribution in [0.1, 0.15) is 22.0 Å². The quantitative estimate of drug-likeness (QED) is 0.889. The van der Waals surface area contributed by atoms with Crippen LogP contribution in [0.4, 0.5) is 0 Å². The fraction of sp³-hybridized carbons (Fsp3) is 0.214. The predicted octanol–water partition coefficient (Wildman–Crippen LogP) is 2.10. The van der Waals surface area contributed by atoms with Gasteiger partial charge < -0.3 is 9.84 Å². The molecule has 98 valence electrons. The van der Waals surface area contributed by atoms with E-state index in [1.807, 2.05) is 30.3 Å². The molecule has 0 saturated heterocycles. The van der Waals surface area contributed by atoms with Crippen molar-refractivity contribution in [1.82, 2.24) is 9.97 Å². The van der Waals surface area contributed by atoms with Crippen molar-refractivity contribution < 1.29 is 14.6 Å². The van der Waals surface area contributed by atoms with Crippen molar-refractivity contribution in [2.75, 3.05) is 6.61 Å². The number of para-hydroxylation sites is 1. The van der Waals surface area contributed by atoms with E-state index in [1.165, 1.54) is 6.07 Å². The van der Waals surface area contributed by atoms with E-state index in [9.17, 15) is 4.79 Å². The van der Waals surface area contributed by atoms with Crippen molar-refractivity contribution in [3.63, 3.8) is 0 Å². The molecule has 0 fully saturated rings. The topological polar surface area (TPSA) is 72.3 Å². The zero-order chi connectivity index (χ0) is 13.7. The predicted molar refractivity (Wildman–Crippen MR) is 69.4 cm³/mol. The van der Waals surface area contributed by atoms with E-state index in [4.69, 9.17) is 9.84 Å². The second-order valence-electron chi connectivity index (χ2n) is 4.01. The molecule has 0 atom stereocenters. The Balaban J connectivity index is 1.98. The van der Waals surface area contributed by atoms with Gasteiger partial charge in [0.15, 0.2) is 5.69 Å². The van der Waals surface area contributed by atoms with Crippen LogP contribution in [0.25, 0.3) is 0 Å². The highest BCUT2D eigenvalue weighted by molar-refractivity contribution is 5.85. The molecule has 1 aromatic heterocycles. The summed E-state index contributed by atoms with van der Waals surface area (Å²) in [4.78, 5) is 18.9. The maximum atomic E-state index is 10.9. The lowest BCUT2D eigenvalue weighted by Crippen LogP contribution is -2.09. The third-order valence-corrected chi connectivity index (χ3v) is 2.48. The molecule has 1 N–H and O–H groups in total. The summed E-state index contributed by atoms with van der Waals surface area (Å²) < 4.78 is 5.54. The van der Waals surface area contributed by atoms with E-state index in [0.717, 1.165) is 5.75 Å². The van der Waals surface area contributed by atoms with Gasteiger partial charge in [0.25, 0.3) is 0 Å². The number of hydrogen-bond acceptors (Lipinski definition) is 4. The summed E-state index contributed by atoms with van der Waals surface area (Å²) in [6, 6.07) is 10.9. The van der Waals surface area contributed by atoms with Crippen molar-refractivity contribution in [1.29, 1.82) is 0 Å². The van der Waals surface area contributed by atoms with Crippen LogP contribution in [0.5, 0.6) is 5.75 Å². The Hall–Kier alpha value is -2.43. The van der Waals surface area contributed by atoms with Crippen molar-refractivity contribution >= 4 is 5.97 Å². The summed E-state index contributed by atoms with van der Waals surface area (Å²) >= 11 is 0. The molecule has 1 heterocycles. The molecule has 5 nitrogen and oxygen atoms in total. The van der Waals surface area contributed by atoms with Gasteiger partial charge in [0.05, 0.1) is 6.61 Å². The first-order chi connectivity index (χ1) is 9.15. The standard InChI is InChI=1S/C14H14N2O3/c1-10-15-11(9-13(16-10)14(17)18)7-8-19-12-5-3-2-4-6-12/h2-6,9H,7-8H2,1H3,(H,17,18). The number of carbonyl (C=O) groups is 1. The van der Waals surface area contributed by atoms with Crippen molar-refractivity contribution in [3.8, 4) is 5.75 Å². The van der Waals surface area contributed by atoms with Crippen LogP contribution in [0.3, 0.4) is 0 Å². The molecule has 0 aliphatic carbocycles. The summed E-state index contributed by atoms with van der Waals surface area (Å²) in [5.74, 6) is 0.192. The number of aromatic nitrogens is 2. The molecule has 0 aliphatic heterocycles. The number of nitrogens with zero attached hydrogens (tertiary/aromatic N) is 2. The molecule has 2 aromatic rings. The maximum Gasteiger partial charge on any atom is 0.354 e. The smallest absolute Gasteiger partial charge is 0.354 e. The highest BCUT2D eigenvalue weighted by Gasteiger charge is 2.08. The van der Waals surface area contributed by atoms with Crippen molar-refractivity contribution in [3.05, 3.63) is 53.6 Å². The van der Waals surface area contributed by atoms with Gasteiger partial charge in [0.1, 0.15) is 11.6 Å². The zero-order valence-electron chi connectivity index (χ0n) is 10.5. The third kappa shape index (κ3) is 3.77. The zero-order valence-corrected chi connectivity index (χ0v) is 10.5. The first-order valence-corrected chi connectivity index (χ1v) is 5.91. The number of rotatable bonds is 5. The lowest BCUT2D eigenvalue weighted by molar-refractivity contribution is 0.0689. The number of carboxylic acid groups (broad SMARTS) is 1. The minimum Gasteiger partial charge on any atom is -0.493 e. The van der Waals surface area contributed by atoms with E-state index in [1.54, 1.807) is 6.92 Å². The highest BCUT2D eigenvalue weighted by atomic mass is 16.5. The minimum absolute atomic E-state index is 0.0159. The lowest BCUT2D eigenvalue weighted by Gasteiger charge is -2.06. The maximum absolute atomic E-state index is 10.9. The van der Waals surface area contributed by atoms with E-state index in [-0.39, 0.29) is 5.69 Å². The van der Waals surface area contributed by atoms with Crippen LogP contribution in [-0.2, 0) is 6.42 Å². The minimum atomic E-state index is -1.05. The second kappa shape index (κ2) is 5.95. The highest BCUT2D eigenvalue weighted by Crippen LogP contribution is 2.09. The average Bonchev–Trinajstić information content (AvgIpc) is 2.39. The van der Waals surface area contributed by atoms with Crippen molar-refractivity contribution in [2.45, 2.75) is 13.3 Å². The normalized spacial score (nSPS) is 10.2. The molecular weight excluding hydrogens is 244 g/mol. The SMILES string of the molecule is Cc1nc(CCOc2ccccc2)cc(C(=O)O)n1. The molecule has 2 rings (SSSR count). The number of hydrogen-bond donors (Lipinski definition) is 1. The second-order valence-corrected chi connectivity index (χ2v) is 4.01. The molecule has 0 bridgehead atoms. The van der Waals surface area contributed by atoms with E-state index in [2.05, 4.69) is 9.97 Å². The summed E-state index contributed by atoms with van der Waals surface area (Å²) in [6.07, 6.45) is 0.540. The monoisotopic (exact) mass is 258 g/mol. The Bertz CT molecular complexity index is 570. The number of aromatic carboxylic acids is 1. The van der Waals surface area contributed by atoms with Gasteiger partial charge in [-0.3, -0.25) is 0 Å². The van der Waals surface area contributed by atoms with Gasteiger partial charge in [-0.1, -0.05) is 18.2 Å².